The van der Waals surface area contributed by atoms with E-state index < -0.39 is 6.85 Å². The molecule has 0 atom stereocenters. The maximum absolute atomic E-state index is 8.45. The molecule has 9 aromatic rings. The molecule has 0 N–H and O–H groups in total. The van der Waals surface area contributed by atoms with Crippen molar-refractivity contribution in [2.24, 2.45) is 7.05 Å². The van der Waals surface area contributed by atoms with Crippen molar-refractivity contribution in [1.82, 2.24) is 4.57 Å². The second-order valence-corrected chi connectivity index (χ2v) is 15.5. The Labute approximate surface area is 328 Å². The number of hydrogen-bond donors (Lipinski definition) is 0. The van der Waals surface area contributed by atoms with Crippen LogP contribution in [0.25, 0.3) is 83.4 Å². The Morgan fingerprint density at radius 3 is 1.76 bits per heavy atom. The van der Waals surface area contributed by atoms with Crippen molar-refractivity contribution in [3.63, 3.8) is 0 Å². The number of fused-ring (bicyclic) bond motifs is 4. The monoisotopic (exact) mass is 718 g/mol. The summed E-state index contributed by atoms with van der Waals surface area (Å²) in [7, 11) is 2.09. The van der Waals surface area contributed by atoms with E-state index >= 15 is 0 Å². The van der Waals surface area contributed by atoms with Gasteiger partial charge in [0.2, 0.25) is 0 Å². The van der Waals surface area contributed by atoms with Crippen LogP contribution < -0.4 is 4.57 Å². The van der Waals surface area contributed by atoms with Gasteiger partial charge < -0.3 is 4.42 Å². The Bertz CT molecular complexity index is 2960. The van der Waals surface area contributed by atoms with Gasteiger partial charge in [0.25, 0.3) is 5.82 Å². The summed E-state index contributed by atoms with van der Waals surface area (Å²) < 4.78 is 36.9. The Hall–Kier alpha value is -6.19. The number of furan rings is 1. The normalized spacial score (nSPS) is 12.9. The molecular weight excluding hydrogens is 669 g/mol. The maximum atomic E-state index is 8.45. The summed E-state index contributed by atoms with van der Waals surface area (Å²) in [6.07, 6.45) is 0. The van der Waals surface area contributed by atoms with Crippen LogP contribution in [0.3, 0.4) is 0 Å². The van der Waals surface area contributed by atoms with Gasteiger partial charge in [-0.1, -0.05) is 137 Å². The molecule has 0 aliphatic rings. The molecule has 0 amide bonds. The average Bonchev–Trinajstić information content (AvgIpc) is 3.74. The SMILES string of the molecule is [2H]C([2H])([2H])c1ccc2c(c1)n(-c1c(C(C)C)cc(-c3ccc(-c4ccccc4)cc3)cc1C(C)C)c(-c1c(C)ccc3c1oc1cc(-c4ccccc4)ccc13)[n+]2C. The van der Waals surface area contributed by atoms with Gasteiger partial charge in [-0.05, 0) is 107 Å². The summed E-state index contributed by atoms with van der Waals surface area (Å²) in [6.45, 7) is 8.87. The minimum atomic E-state index is -2.27. The Kier molecular flexibility index (Phi) is 7.70. The zero-order valence-corrected chi connectivity index (χ0v) is 32.3. The first-order valence-electron chi connectivity index (χ1n) is 20.8. The largest absolute Gasteiger partial charge is 0.455 e. The molecule has 270 valence electrons. The summed E-state index contributed by atoms with van der Waals surface area (Å²) >= 11 is 0. The van der Waals surface area contributed by atoms with E-state index in [0.29, 0.717) is 5.56 Å². The first-order chi connectivity index (χ1) is 27.9. The number of nitrogens with zero attached hydrogens (tertiary/aromatic N) is 2. The predicted octanol–water partition coefficient (Wildman–Crippen LogP) is 13.9. The zero-order chi connectivity index (χ0) is 40.5. The molecule has 55 heavy (non-hydrogen) atoms. The fourth-order valence-corrected chi connectivity index (χ4v) is 8.37. The van der Waals surface area contributed by atoms with E-state index in [9.17, 15) is 0 Å². The highest BCUT2D eigenvalue weighted by molar-refractivity contribution is 6.10. The van der Waals surface area contributed by atoms with E-state index in [2.05, 4.69) is 166 Å². The second kappa shape index (κ2) is 13.6. The predicted molar refractivity (Wildman–Crippen MR) is 231 cm³/mol. The first-order valence-corrected chi connectivity index (χ1v) is 19.3. The molecule has 2 heterocycles. The van der Waals surface area contributed by atoms with Crippen LogP contribution in [0.2, 0.25) is 0 Å². The Morgan fingerprint density at radius 1 is 0.582 bits per heavy atom. The van der Waals surface area contributed by atoms with Crippen molar-refractivity contribution in [2.45, 2.75) is 53.3 Å². The van der Waals surface area contributed by atoms with Gasteiger partial charge in [0.15, 0.2) is 16.6 Å². The highest BCUT2D eigenvalue weighted by atomic mass is 16.3. The van der Waals surface area contributed by atoms with Crippen LogP contribution in [-0.2, 0) is 7.05 Å². The summed E-state index contributed by atoms with van der Waals surface area (Å²) in [5.41, 5.74) is 16.1. The summed E-state index contributed by atoms with van der Waals surface area (Å²) in [5.74, 6) is 1.24. The minimum absolute atomic E-state index is 0.150. The van der Waals surface area contributed by atoms with E-state index in [4.69, 9.17) is 8.53 Å². The van der Waals surface area contributed by atoms with E-state index in [1.807, 2.05) is 24.3 Å². The van der Waals surface area contributed by atoms with E-state index in [0.717, 1.165) is 77.9 Å². The number of benzene rings is 7. The molecule has 0 fully saturated rings. The average molecular weight is 719 g/mol. The molecule has 0 radical (unpaired) electrons. The molecule has 3 nitrogen and oxygen atoms in total. The third kappa shape index (κ3) is 5.86. The molecule has 0 saturated carbocycles. The second-order valence-electron chi connectivity index (χ2n) is 15.5. The fraction of sp³-hybridized carbons (Fsp3) is 0.173. The molecule has 7 aromatic carbocycles. The highest BCUT2D eigenvalue weighted by Gasteiger charge is 2.34. The summed E-state index contributed by atoms with van der Waals surface area (Å²) in [4.78, 5) is 0. The van der Waals surface area contributed by atoms with Crippen molar-refractivity contribution >= 4 is 33.0 Å². The van der Waals surface area contributed by atoms with Gasteiger partial charge in [-0.25, -0.2) is 4.57 Å². The lowest BCUT2D eigenvalue weighted by molar-refractivity contribution is -0.633. The van der Waals surface area contributed by atoms with Crippen molar-refractivity contribution in [2.75, 3.05) is 0 Å². The van der Waals surface area contributed by atoms with Gasteiger partial charge >= 0.3 is 0 Å². The topological polar surface area (TPSA) is 21.9 Å². The van der Waals surface area contributed by atoms with Gasteiger partial charge in [0, 0.05) is 26.0 Å². The molecule has 0 spiro atoms. The van der Waals surface area contributed by atoms with Crippen LogP contribution in [0.1, 0.15) is 65.9 Å². The third-order valence-electron chi connectivity index (χ3n) is 11.2. The lowest BCUT2D eigenvalue weighted by Gasteiger charge is -2.21. The minimum Gasteiger partial charge on any atom is -0.455 e. The van der Waals surface area contributed by atoms with E-state index in [-0.39, 0.29) is 11.8 Å². The quantitative estimate of drug-likeness (QED) is 0.150. The van der Waals surface area contributed by atoms with Crippen LogP contribution in [-0.4, -0.2) is 4.57 Å². The van der Waals surface area contributed by atoms with Crippen LogP contribution >= 0.6 is 0 Å². The van der Waals surface area contributed by atoms with Gasteiger partial charge in [0.1, 0.15) is 16.8 Å². The molecule has 9 rings (SSSR count). The number of aryl methyl sites for hydroxylation is 3. The van der Waals surface area contributed by atoms with Crippen LogP contribution in [0, 0.1) is 13.8 Å². The molecule has 0 unspecified atom stereocenters. The van der Waals surface area contributed by atoms with Crippen LogP contribution in [0.15, 0.2) is 150 Å². The highest BCUT2D eigenvalue weighted by Crippen LogP contribution is 2.44. The molecule has 0 aliphatic heterocycles. The van der Waals surface area contributed by atoms with Crippen molar-refractivity contribution in [3.8, 4) is 50.5 Å². The molecule has 3 heteroatoms. The van der Waals surface area contributed by atoms with Crippen molar-refractivity contribution < 1.29 is 13.1 Å². The maximum Gasteiger partial charge on any atom is 0.299 e. The summed E-state index contributed by atoms with van der Waals surface area (Å²) in [5, 5.41) is 2.09. The van der Waals surface area contributed by atoms with Crippen LogP contribution in [0.5, 0.6) is 0 Å². The van der Waals surface area contributed by atoms with Crippen molar-refractivity contribution in [1.29, 1.82) is 0 Å². The fourth-order valence-electron chi connectivity index (χ4n) is 8.37. The third-order valence-corrected chi connectivity index (χ3v) is 11.2. The molecule has 0 saturated heterocycles. The zero-order valence-electron chi connectivity index (χ0n) is 35.3. The lowest BCUT2D eigenvalue weighted by atomic mass is 9.87. The number of aromatic nitrogens is 2. The Morgan fingerprint density at radius 2 is 1.15 bits per heavy atom. The number of imidazole rings is 1. The van der Waals surface area contributed by atoms with Crippen LogP contribution in [0.4, 0.5) is 0 Å². The standard InChI is InChI=1S/C52H47N2O/c1-32(2)44-29-41(39-22-20-38(21-23-39)36-14-10-8-11-15-36)30-45(33(3)4)50(44)54-47-28-34(5)18-27-46(47)53(7)52(54)49-35(6)19-25-43-42-26-24-40(31-48(42)55-51(43)49)37-16-12-9-13-17-37/h8-33H,1-7H3/q+1/i5D3. The smallest absolute Gasteiger partial charge is 0.299 e. The van der Waals surface area contributed by atoms with Gasteiger partial charge in [-0.2, -0.15) is 4.57 Å². The number of hydrogen-bond acceptors (Lipinski definition) is 1. The number of rotatable bonds is 7. The van der Waals surface area contributed by atoms with Crippen molar-refractivity contribution in [3.05, 3.63) is 168 Å². The van der Waals surface area contributed by atoms with E-state index in [1.165, 1.54) is 22.3 Å². The Balaban J connectivity index is 1.34. The molecular formula is C52H47N2O+. The van der Waals surface area contributed by atoms with Gasteiger partial charge in [-0.3, -0.25) is 0 Å². The van der Waals surface area contributed by atoms with Gasteiger partial charge in [-0.15, -0.1) is 0 Å². The summed E-state index contributed by atoms with van der Waals surface area (Å²) in [6, 6.07) is 50.8. The van der Waals surface area contributed by atoms with Gasteiger partial charge in [0.05, 0.1) is 7.05 Å². The molecule has 0 aliphatic carbocycles. The first kappa shape index (κ1) is 31.2. The molecule has 2 aromatic heterocycles. The van der Waals surface area contributed by atoms with E-state index in [1.54, 1.807) is 6.07 Å². The lowest BCUT2D eigenvalue weighted by Crippen LogP contribution is -2.30. The molecule has 0 bridgehead atoms.